The molecular formula is C8H6ClF2NO3. The normalized spacial score (nSPS) is 10.4. The van der Waals surface area contributed by atoms with Crippen LogP contribution in [0.1, 0.15) is 5.56 Å². The smallest absolute Gasteiger partial charge is 0.387 e. The molecule has 1 heterocycles. The number of nitrogens with zero attached hydrogens (tertiary/aromatic N) is 1. The van der Waals surface area contributed by atoms with E-state index < -0.39 is 12.6 Å². The van der Waals surface area contributed by atoms with E-state index in [0.717, 1.165) is 6.07 Å². The fourth-order valence-corrected chi connectivity index (χ4v) is 1.07. The monoisotopic (exact) mass is 237 g/mol. The maximum absolute atomic E-state index is 11.9. The zero-order chi connectivity index (χ0) is 11.4. The van der Waals surface area contributed by atoms with Crippen LogP contribution in [0.15, 0.2) is 12.3 Å². The highest BCUT2D eigenvalue weighted by atomic mass is 35.5. The van der Waals surface area contributed by atoms with Crippen LogP contribution in [-0.4, -0.2) is 22.7 Å². The third kappa shape index (κ3) is 3.67. The summed E-state index contributed by atoms with van der Waals surface area (Å²) in [5.41, 5.74) is 0.238. The molecule has 0 spiro atoms. The van der Waals surface area contributed by atoms with Crippen molar-refractivity contribution in [2.75, 3.05) is 0 Å². The molecule has 0 fully saturated rings. The van der Waals surface area contributed by atoms with Crippen molar-refractivity contribution in [2.45, 2.75) is 13.0 Å². The second-order valence-corrected chi connectivity index (χ2v) is 2.94. The van der Waals surface area contributed by atoms with E-state index in [-0.39, 0.29) is 22.9 Å². The molecule has 1 aromatic heterocycles. The van der Waals surface area contributed by atoms with E-state index in [1.54, 1.807) is 0 Å². The maximum atomic E-state index is 11.9. The van der Waals surface area contributed by atoms with Gasteiger partial charge in [-0.2, -0.15) is 8.78 Å². The number of pyridine rings is 1. The summed E-state index contributed by atoms with van der Waals surface area (Å²) in [6, 6.07) is 1.12. The Labute approximate surface area is 88.4 Å². The maximum Gasteiger partial charge on any atom is 0.387 e. The topological polar surface area (TPSA) is 59.4 Å². The second-order valence-electron chi connectivity index (χ2n) is 2.58. The lowest BCUT2D eigenvalue weighted by molar-refractivity contribution is -0.136. The van der Waals surface area contributed by atoms with Gasteiger partial charge < -0.3 is 9.84 Å². The van der Waals surface area contributed by atoms with Crippen molar-refractivity contribution in [3.63, 3.8) is 0 Å². The molecule has 0 atom stereocenters. The molecule has 0 amide bonds. The molecule has 15 heavy (non-hydrogen) atoms. The highest BCUT2D eigenvalue weighted by Gasteiger charge is 2.11. The molecule has 0 aliphatic heterocycles. The third-order valence-electron chi connectivity index (χ3n) is 1.43. The lowest BCUT2D eigenvalue weighted by Crippen LogP contribution is -2.05. The van der Waals surface area contributed by atoms with Gasteiger partial charge in [0.05, 0.1) is 6.42 Å². The summed E-state index contributed by atoms with van der Waals surface area (Å²) in [5, 5.41) is 8.23. The van der Waals surface area contributed by atoms with Crippen molar-refractivity contribution in [2.24, 2.45) is 0 Å². The number of carboxylic acids is 1. The molecule has 0 unspecified atom stereocenters. The summed E-state index contributed by atoms with van der Waals surface area (Å²) >= 11 is 5.46. The van der Waals surface area contributed by atoms with Crippen LogP contribution in [0, 0.1) is 0 Å². The van der Waals surface area contributed by atoms with E-state index in [1.807, 2.05) is 0 Å². The quantitative estimate of drug-likeness (QED) is 0.814. The van der Waals surface area contributed by atoms with Crippen molar-refractivity contribution >= 4 is 17.6 Å². The molecule has 1 N–H and O–H groups in total. The Balaban J connectivity index is 2.89. The number of hydrogen-bond donors (Lipinski definition) is 1. The van der Waals surface area contributed by atoms with Gasteiger partial charge in [-0.15, -0.1) is 0 Å². The largest absolute Gasteiger partial charge is 0.481 e. The fourth-order valence-electron chi connectivity index (χ4n) is 0.918. The molecule has 0 aliphatic rings. The summed E-state index contributed by atoms with van der Waals surface area (Å²) in [6.45, 7) is -3.02. The van der Waals surface area contributed by atoms with Gasteiger partial charge in [-0.3, -0.25) is 4.79 Å². The van der Waals surface area contributed by atoms with Gasteiger partial charge in [-0.25, -0.2) is 4.98 Å². The second kappa shape index (κ2) is 4.88. The first-order valence-electron chi connectivity index (χ1n) is 3.80. The van der Waals surface area contributed by atoms with Crippen LogP contribution < -0.4 is 4.74 Å². The molecule has 0 radical (unpaired) electrons. The number of carboxylic acid groups (broad SMARTS) is 1. The van der Waals surface area contributed by atoms with Gasteiger partial charge in [-0.1, -0.05) is 11.6 Å². The first-order valence-corrected chi connectivity index (χ1v) is 4.18. The van der Waals surface area contributed by atoms with E-state index in [9.17, 15) is 13.6 Å². The van der Waals surface area contributed by atoms with E-state index >= 15 is 0 Å². The van der Waals surface area contributed by atoms with E-state index in [4.69, 9.17) is 16.7 Å². The molecule has 1 rings (SSSR count). The number of aromatic nitrogens is 1. The highest BCUT2D eigenvalue weighted by molar-refractivity contribution is 6.30. The predicted octanol–water partition coefficient (Wildman–Crippen LogP) is 1.96. The van der Waals surface area contributed by atoms with Gasteiger partial charge >= 0.3 is 12.6 Å². The number of carbonyl (C=O) groups is 1. The Morgan fingerprint density at radius 1 is 1.67 bits per heavy atom. The fraction of sp³-hybridized carbons (Fsp3) is 0.250. The minimum atomic E-state index is -3.02. The van der Waals surface area contributed by atoms with Crippen molar-refractivity contribution in [3.05, 3.63) is 23.0 Å². The van der Waals surface area contributed by atoms with E-state index in [1.165, 1.54) is 6.20 Å². The lowest BCUT2D eigenvalue weighted by Gasteiger charge is -2.06. The van der Waals surface area contributed by atoms with E-state index in [2.05, 4.69) is 9.72 Å². The van der Waals surface area contributed by atoms with Gasteiger partial charge in [-0.05, 0) is 11.6 Å². The number of halogens is 3. The summed E-state index contributed by atoms with van der Waals surface area (Å²) < 4.78 is 27.8. The van der Waals surface area contributed by atoms with Gasteiger partial charge in [0.1, 0.15) is 0 Å². The molecule has 1 aromatic rings. The minimum Gasteiger partial charge on any atom is -0.481 e. The Morgan fingerprint density at radius 3 is 2.87 bits per heavy atom. The standard InChI is InChI=1S/C8H6ClF2NO3/c9-7-5(15-8(10)11)1-4(3-12-7)2-6(13)14/h1,3,8H,2H2,(H,13,14). The van der Waals surface area contributed by atoms with Crippen LogP contribution >= 0.6 is 11.6 Å². The summed E-state index contributed by atoms with van der Waals surface area (Å²) in [5.74, 6) is -1.42. The van der Waals surface area contributed by atoms with Crippen LogP contribution in [0.4, 0.5) is 8.78 Å². The summed E-state index contributed by atoms with van der Waals surface area (Å²) in [7, 11) is 0. The molecule has 4 nitrogen and oxygen atoms in total. The van der Waals surface area contributed by atoms with Crippen LogP contribution in [-0.2, 0) is 11.2 Å². The van der Waals surface area contributed by atoms with Gasteiger partial charge in [0, 0.05) is 6.20 Å². The Morgan fingerprint density at radius 2 is 2.33 bits per heavy atom. The Kier molecular flexibility index (Phi) is 3.79. The molecular weight excluding hydrogens is 232 g/mol. The highest BCUT2D eigenvalue weighted by Crippen LogP contribution is 2.24. The predicted molar refractivity (Wildman–Crippen MR) is 47.2 cm³/mol. The first-order chi connectivity index (χ1) is 6.99. The van der Waals surface area contributed by atoms with Crippen molar-refractivity contribution in [1.82, 2.24) is 4.98 Å². The molecule has 0 saturated carbocycles. The molecule has 0 aliphatic carbocycles. The number of hydrogen-bond acceptors (Lipinski definition) is 3. The average molecular weight is 238 g/mol. The third-order valence-corrected chi connectivity index (χ3v) is 1.72. The summed E-state index contributed by atoms with van der Waals surface area (Å²) in [4.78, 5) is 13.9. The van der Waals surface area contributed by atoms with Crippen LogP contribution in [0.2, 0.25) is 5.15 Å². The lowest BCUT2D eigenvalue weighted by atomic mass is 10.2. The molecule has 7 heteroatoms. The van der Waals surface area contributed by atoms with E-state index in [0.29, 0.717) is 0 Å². The Bertz CT molecular complexity index is 373. The SMILES string of the molecule is O=C(O)Cc1cnc(Cl)c(OC(F)F)c1. The number of alkyl halides is 2. The average Bonchev–Trinajstić information content (AvgIpc) is 2.09. The van der Waals surface area contributed by atoms with Crippen molar-refractivity contribution < 1.29 is 23.4 Å². The van der Waals surface area contributed by atoms with Gasteiger partial charge in [0.2, 0.25) is 0 Å². The zero-order valence-corrected chi connectivity index (χ0v) is 8.04. The van der Waals surface area contributed by atoms with Gasteiger partial charge in [0.15, 0.2) is 10.9 Å². The van der Waals surface area contributed by atoms with Gasteiger partial charge in [0.25, 0.3) is 0 Å². The number of ether oxygens (including phenoxy) is 1. The number of rotatable bonds is 4. The van der Waals surface area contributed by atoms with Crippen molar-refractivity contribution in [3.8, 4) is 5.75 Å². The molecule has 0 saturated heterocycles. The van der Waals surface area contributed by atoms with Crippen LogP contribution in [0.3, 0.4) is 0 Å². The molecule has 0 aromatic carbocycles. The first kappa shape index (κ1) is 11.6. The van der Waals surface area contributed by atoms with Crippen LogP contribution in [0.5, 0.6) is 5.75 Å². The molecule has 0 bridgehead atoms. The summed E-state index contributed by atoms with van der Waals surface area (Å²) in [6.07, 6.45) is 0.860. The Hall–Kier alpha value is -1.43. The van der Waals surface area contributed by atoms with Crippen LogP contribution in [0.25, 0.3) is 0 Å². The zero-order valence-electron chi connectivity index (χ0n) is 7.28. The van der Waals surface area contributed by atoms with Crippen molar-refractivity contribution in [1.29, 1.82) is 0 Å². The number of aliphatic carboxylic acids is 1. The minimum absolute atomic E-state index is 0.232. The molecule has 82 valence electrons.